The first-order valence-electron chi connectivity index (χ1n) is 1.15. The van der Waals surface area contributed by atoms with Crippen molar-refractivity contribution in [1.82, 2.24) is 0 Å². The number of hydrogen-bond acceptors (Lipinski definition) is 1. The van der Waals surface area contributed by atoms with Gasteiger partial charge in [0.2, 0.25) is 7.44 Å². The van der Waals surface area contributed by atoms with Crippen molar-refractivity contribution in [2.24, 2.45) is 11.0 Å². The Labute approximate surface area is 55.1 Å². The lowest BCUT2D eigenvalue weighted by Gasteiger charge is -1.88. The molecule has 0 aromatic heterocycles. The van der Waals surface area contributed by atoms with Gasteiger partial charge in [0.25, 0.3) is 0 Å². The molecule has 0 heterocycles. The molecule has 0 aromatic carbocycles. The van der Waals surface area contributed by atoms with Crippen molar-refractivity contribution in [1.29, 1.82) is 0 Å². The number of rotatable bonds is 0. The van der Waals surface area contributed by atoms with Crippen molar-refractivity contribution in [2.45, 2.75) is 0 Å². The molecule has 0 unspecified atom stereocenters. The van der Waals surface area contributed by atoms with Gasteiger partial charge in [-0.25, -0.2) is 0 Å². The highest BCUT2D eigenvalue weighted by Crippen LogP contribution is 2.14. The molecule has 7 heavy (non-hydrogen) atoms. The summed E-state index contributed by atoms with van der Waals surface area (Å²) in [5.41, 5.74) is 9.38. The molecular formula is CH9Cl2N2OP. The molecule has 0 radical (unpaired) electrons. The molecule has 0 bridgehead atoms. The van der Waals surface area contributed by atoms with Gasteiger partial charge in [0.1, 0.15) is 0 Å². The molecule has 6 heteroatoms. The molecule has 0 saturated carbocycles. The molecule has 0 rings (SSSR count). The average Bonchev–Trinajstić information content (AvgIpc) is 0.722. The first-order valence-corrected chi connectivity index (χ1v) is 3.44. The summed E-state index contributed by atoms with van der Waals surface area (Å²) in [5, 5.41) is 0. The SMILES string of the molecule is CP(N)(N)=O.Cl.Cl. The third-order valence-corrected chi connectivity index (χ3v) is 0. The molecule has 4 N–H and O–H groups in total. The molecule has 0 saturated heterocycles. The van der Waals surface area contributed by atoms with Gasteiger partial charge in [-0.05, 0) is 0 Å². The minimum Gasteiger partial charge on any atom is -0.290 e. The van der Waals surface area contributed by atoms with E-state index in [2.05, 4.69) is 11.0 Å². The Bertz CT molecular complexity index is 61.8. The normalized spacial score (nSPS) is 8.43. The zero-order valence-electron chi connectivity index (χ0n) is 3.83. The molecule has 0 aromatic rings. The third kappa shape index (κ3) is 283. The highest BCUT2D eigenvalue weighted by molar-refractivity contribution is 7.58. The summed E-state index contributed by atoms with van der Waals surface area (Å²) in [7, 11) is -2.64. The lowest BCUT2D eigenvalue weighted by molar-refractivity contribution is 0.580. The van der Waals surface area contributed by atoms with E-state index >= 15 is 0 Å². The average molecular weight is 167 g/mol. The van der Waals surface area contributed by atoms with Crippen molar-refractivity contribution in [2.75, 3.05) is 6.66 Å². The molecule has 0 fully saturated rings. The highest BCUT2D eigenvalue weighted by Gasteiger charge is 1.89. The van der Waals surface area contributed by atoms with Crippen LogP contribution < -0.4 is 11.0 Å². The van der Waals surface area contributed by atoms with E-state index in [9.17, 15) is 4.57 Å². The van der Waals surface area contributed by atoms with E-state index in [1.807, 2.05) is 0 Å². The Morgan fingerprint density at radius 2 is 1.29 bits per heavy atom. The molecular weight excluding hydrogens is 158 g/mol. The topological polar surface area (TPSA) is 69.1 Å². The summed E-state index contributed by atoms with van der Waals surface area (Å²) in [4.78, 5) is 0. The Balaban J connectivity index is -0.0000000800. The quantitative estimate of drug-likeness (QED) is 0.518. The van der Waals surface area contributed by atoms with Crippen molar-refractivity contribution in [3.05, 3.63) is 0 Å². The standard InChI is InChI=1S/CH7N2OP.2ClH/c1-5(2,3)4;;/h1H3,(H4,2,3,4);2*1H. The lowest BCUT2D eigenvalue weighted by Crippen LogP contribution is -2.00. The van der Waals surface area contributed by atoms with Gasteiger partial charge in [-0.2, -0.15) is 0 Å². The van der Waals surface area contributed by atoms with E-state index in [1.54, 1.807) is 0 Å². The summed E-state index contributed by atoms with van der Waals surface area (Å²) in [6.07, 6.45) is 0. The van der Waals surface area contributed by atoms with Crippen LogP contribution in [0.5, 0.6) is 0 Å². The van der Waals surface area contributed by atoms with Gasteiger partial charge >= 0.3 is 0 Å². The summed E-state index contributed by atoms with van der Waals surface area (Å²) in [5.74, 6) is 0. The van der Waals surface area contributed by atoms with Crippen LogP contribution in [0.1, 0.15) is 0 Å². The maximum absolute atomic E-state index is 9.77. The minimum absolute atomic E-state index is 0. The second kappa shape index (κ2) is 4.88. The molecule has 0 amide bonds. The fourth-order valence-electron chi connectivity index (χ4n) is 0. The molecule has 0 atom stereocenters. The highest BCUT2D eigenvalue weighted by atomic mass is 35.5. The summed E-state index contributed by atoms with van der Waals surface area (Å²) < 4.78 is 9.77. The van der Waals surface area contributed by atoms with Crippen molar-refractivity contribution < 1.29 is 4.57 Å². The van der Waals surface area contributed by atoms with E-state index in [1.165, 1.54) is 6.66 Å². The van der Waals surface area contributed by atoms with E-state index in [4.69, 9.17) is 0 Å². The van der Waals surface area contributed by atoms with E-state index in [-0.39, 0.29) is 24.8 Å². The van der Waals surface area contributed by atoms with Gasteiger partial charge in [0.15, 0.2) is 0 Å². The molecule has 0 spiro atoms. The first-order chi connectivity index (χ1) is 2.00. The smallest absolute Gasteiger partial charge is 0.203 e. The zero-order valence-corrected chi connectivity index (χ0v) is 6.35. The molecule has 0 aliphatic heterocycles. The van der Waals surface area contributed by atoms with Crippen LogP contribution in [0.3, 0.4) is 0 Å². The predicted molar refractivity (Wildman–Crippen MR) is 36.4 cm³/mol. The summed E-state index contributed by atoms with van der Waals surface area (Å²) in [6, 6.07) is 0. The Morgan fingerprint density at radius 1 is 1.29 bits per heavy atom. The van der Waals surface area contributed by atoms with Crippen LogP contribution in [0, 0.1) is 0 Å². The second-order valence-electron chi connectivity index (χ2n) is 1.06. The maximum Gasteiger partial charge on any atom is 0.203 e. The Hall–Kier alpha value is 0.730. The van der Waals surface area contributed by atoms with Gasteiger partial charge < -0.3 is 0 Å². The molecule has 3 nitrogen and oxygen atoms in total. The van der Waals surface area contributed by atoms with E-state index in [0.717, 1.165) is 0 Å². The Kier molecular flexibility index (Phi) is 10.9. The van der Waals surface area contributed by atoms with Crippen LogP contribution in [0.25, 0.3) is 0 Å². The van der Waals surface area contributed by atoms with E-state index in [0.29, 0.717) is 0 Å². The zero-order chi connectivity index (χ0) is 4.50. The van der Waals surface area contributed by atoms with Crippen molar-refractivity contribution >= 4 is 32.3 Å². The first kappa shape index (κ1) is 15.6. The van der Waals surface area contributed by atoms with Crippen LogP contribution >= 0.6 is 32.3 Å². The van der Waals surface area contributed by atoms with Gasteiger partial charge in [-0.15, -0.1) is 24.8 Å². The van der Waals surface area contributed by atoms with E-state index < -0.39 is 7.44 Å². The van der Waals surface area contributed by atoms with Gasteiger partial charge in [-0.3, -0.25) is 15.6 Å². The predicted octanol–water partition coefficient (Wildman–Crippen LogP) is 0.570. The molecule has 0 aliphatic carbocycles. The number of nitrogens with two attached hydrogens (primary N) is 2. The summed E-state index contributed by atoms with van der Waals surface area (Å²) >= 11 is 0. The van der Waals surface area contributed by atoms with Crippen LogP contribution in [-0.4, -0.2) is 6.66 Å². The van der Waals surface area contributed by atoms with Crippen LogP contribution in [0.15, 0.2) is 0 Å². The molecule has 0 aliphatic rings. The fourth-order valence-corrected chi connectivity index (χ4v) is 0. The van der Waals surface area contributed by atoms with Crippen LogP contribution in [0.4, 0.5) is 0 Å². The fraction of sp³-hybridized carbons (Fsp3) is 1.00. The number of hydrogen-bond donors (Lipinski definition) is 2. The third-order valence-electron chi connectivity index (χ3n) is 0. The summed E-state index contributed by atoms with van der Waals surface area (Å²) in [6.45, 7) is 1.30. The van der Waals surface area contributed by atoms with Crippen molar-refractivity contribution in [3.8, 4) is 0 Å². The second-order valence-corrected chi connectivity index (χ2v) is 3.18. The van der Waals surface area contributed by atoms with Gasteiger partial charge in [-0.1, -0.05) is 0 Å². The maximum atomic E-state index is 9.77. The van der Waals surface area contributed by atoms with Gasteiger partial charge in [0, 0.05) is 6.66 Å². The monoisotopic (exact) mass is 166 g/mol. The van der Waals surface area contributed by atoms with Crippen LogP contribution in [0.2, 0.25) is 0 Å². The Morgan fingerprint density at radius 3 is 1.29 bits per heavy atom. The largest absolute Gasteiger partial charge is 0.290 e. The van der Waals surface area contributed by atoms with Crippen LogP contribution in [-0.2, 0) is 4.57 Å². The minimum atomic E-state index is -2.64. The lowest BCUT2D eigenvalue weighted by atomic mass is 12.0. The van der Waals surface area contributed by atoms with Gasteiger partial charge in [0.05, 0.1) is 0 Å². The number of halogens is 2. The molecule has 48 valence electrons. The van der Waals surface area contributed by atoms with Crippen molar-refractivity contribution in [3.63, 3.8) is 0 Å².